The highest BCUT2D eigenvalue weighted by atomic mass is 19.1. The molecule has 2 unspecified atom stereocenters. The smallest absolute Gasteiger partial charge is 0.236 e. The zero-order valence-corrected chi connectivity index (χ0v) is 14.7. The Hall–Kier alpha value is -2.86. The van der Waals surface area contributed by atoms with Gasteiger partial charge in [0.15, 0.2) is 0 Å². The maximum atomic E-state index is 13.7. The minimum atomic E-state index is -0.554. The molecule has 1 aliphatic heterocycles. The number of hydrogen-bond donors (Lipinski definition) is 3. The van der Waals surface area contributed by atoms with Gasteiger partial charge in [-0.2, -0.15) is 4.39 Å². The van der Waals surface area contributed by atoms with Gasteiger partial charge in [-0.15, -0.1) is 0 Å². The quantitative estimate of drug-likeness (QED) is 0.738. The van der Waals surface area contributed by atoms with Crippen LogP contribution in [0.15, 0.2) is 48.8 Å². The molecule has 1 aromatic heterocycles. The van der Waals surface area contributed by atoms with Crippen molar-refractivity contribution in [1.29, 1.82) is 0 Å². The molecule has 0 spiro atoms. The molecular formula is C20H22FN5. The lowest BCUT2D eigenvalue weighted by Gasteiger charge is -2.18. The lowest BCUT2D eigenvalue weighted by Crippen LogP contribution is -2.23. The number of fused-ring (bicyclic) bond motifs is 1. The number of benzene rings is 1. The van der Waals surface area contributed by atoms with Crippen LogP contribution in [0.2, 0.25) is 0 Å². The number of pyridine rings is 1. The molecule has 0 saturated heterocycles. The maximum Gasteiger partial charge on any atom is 0.236 e. The molecule has 26 heavy (non-hydrogen) atoms. The Morgan fingerprint density at radius 1 is 1.38 bits per heavy atom. The lowest BCUT2D eigenvalue weighted by molar-refractivity contribution is 0.393. The first-order chi connectivity index (χ1) is 12.5. The summed E-state index contributed by atoms with van der Waals surface area (Å²) in [5, 5.41) is 3.00. The molecule has 2 atom stereocenters. The van der Waals surface area contributed by atoms with Crippen molar-refractivity contribution in [1.82, 2.24) is 9.88 Å². The third-order valence-corrected chi connectivity index (χ3v) is 5.10. The molecule has 5 N–H and O–H groups in total. The van der Waals surface area contributed by atoms with Gasteiger partial charge in [-0.25, -0.2) is 4.98 Å². The van der Waals surface area contributed by atoms with E-state index in [0.717, 1.165) is 29.8 Å². The summed E-state index contributed by atoms with van der Waals surface area (Å²) < 4.78 is 13.7. The first-order valence-electron chi connectivity index (χ1n) is 8.64. The van der Waals surface area contributed by atoms with E-state index in [1.54, 1.807) is 12.1 Å². The van der Waals surface area contributed by atoms with E-state index in [1.165, 1.54) is 11.8 Å². The van der Waals surface area contributed by atoms with Crippen LogP contribution in [0, 0.1) is 5.95 Å². The number of nitrogens with zero attached hydrogens (tertiary/aromatic N) is 2. The molecule has 2 heterocycles. The van der Waals surface area contributed by atoms with Crippen LogP contribution in [0.25, 0.3) is 11.4 Å². The number of anilines is 1. The molecule has 2 aromatic rings. The van der Waals surface area contributed by atoms with Crippen molar-refractivity contribution in [3.05, 3.63) is 71.4 Å². The molecule has 5 nitrogen and oxygen atoms in total. The van der Waals surface area contributed by atoms with Crippen LogP contribution in [-0.4, -0.2) is 22.0 Å². The van der Waals surface area contributed by atoms with Crippen LogP contribution in [0.1, 0.15) is 30.0 Å². The fourth-order valence-corrected chi connectivity index (χ4v) is 3.45. The SMILES string of the molecule is C=C1c2ccc(/C(N)=C(\C)Nc3cccnc3F)cc2CN1C1CC1N. The summed E-state index contributed by atoms with van der Waals surface area (Å²) in [6.45, 7) is 6.84. The van der Waals surface area contributed by atoms with Crippen LogP contribution in [0.5, 0.6) is 0 Å². The Labute approximate surface area is 152 Å². The highest BCUT2D eigenvalue weighted by Gasteiger charge is 2.42. The van der Waals surface area contributed by atoms with E-state index in [2.05, 4.69) is 27.8 Å². The number of allylic oxidation sites excluding steroid dienone is 1. The average Bonchev–Trinajstić information content (AvgIpc) is 3.27. The molecule has 134 valence electrons. The van der Waals surface area contributed by atoms with Crippen LogP contribution in [0.4, 0.5) is 10.1 Å². The van der Waals surface area contributed by atoms with E-state index in [4.69, 9.17) is 11.5 Å². The molecule has 0 amide bonds. The minimum absolute atomic E-state index is 0.242. The van der Waals surface area contributed by atoms with E-state index >= 15 is 0 Å². The minimum Gasteiger partial charge on any atom is -0.397 e. The lowest BCUT2D eigenvalue weighted by atomic mass is 10.0. The summed E-state index contributed by atoms with van der Waals surface area (Å²) in [5.41, 5.74) is 18.1. The number of hydrogen-bond acceptors (Lipinski definition) is 5. The summed E-state index contributed by atoms with van der Waals surface area (Å²) in [4.78, 5) is 5.91. The van der Waals surface area contributed by atoms with Gasteiger partial charge in [-0.1, -0.05) is 18.7 Å². The third kappa shape index (κ3) is 2.82. The Morgan fingerprint density at radius 3 is 2.85 bits per heavy atom. The van der Waals surface area contributed by atoms with E-state index in [9.17, 15) is 4.39 Å². The normalized spacial score (nSPS) is 22.1. The first-order valence-corrected chi connectivity index (χ1v) is 8.64. The zero-order chi connectivity index (χ0) is 18.4. The fraction of sp³-hybridized carbons (Fsp3) is 0.250. The molecule has 4 rings (SSSR count). The van der Waals surface area contributed by atoms with Crippen LogP contribution in [-0.2, 0) is 6.54 Å². The van der Waals surface area contributed by atoms with Gasteiger partial charge in [0.2, 0.25) is 5.95 Å². The number of nitrogens with two attached hydrogens (primary N) is 2. The van der Waals surface area contributed by atoms with Gasteiger partial charge in [0.05, 0.1) is 11.4 Å². The van der Waals surface area contributed by atoms with Gasteiger partial charge in [-0.05, 0) is 42.7 Å². The van der Waals surface area contributed by atoms with Crippen molar-refractivity contribution in [3.63, 3.8) is 0 Å². The number of nitrogens with one attached hydrogen (secondary N) is 1. The number of halogens is 1. The second kappa shape index (κ2) is 6.14. The second-order valence-electron chi connectivity index (χ2n) is 6.92. The Kier molecular flexibility index (Phi) is 3.92. The van der Waals surface area contributed by atoms with Gasteiger partial charge in [0.1, 0.15) is 0 Å². The molecule has 2 aliphatic rings. The predicted octanol–water partition coefficient (Wildman–Crippen LogP) is 2.87. The highest BCUT2D eigenvalue weighted by Crippen LogP contribution is 2.40. The molecule has 1 aliphatic carbocycles. The van der Waals surface area contributed by atoms with Crippen molar-refractivity contribution < 1.29 is 4.39 Å². The molecule has 1 aromatic carbocycles. The molecule has 0 radical (unpaired) electrons. The number of rotatable bonds is 4. The van der Waals surface area contributed by atoms with E-state index < -0.39 is 5.95 Å². The topological polar surface area (TPSA) is 80.2 Å². The van der Waals surface area contributed by atoms with Crippen molar-refractivity contribution in [2.45, 2.75) is 32.0 Å². The van der Waals surface area contributed by atoms with Crippen LogP contribution >= 0.6 is 0 Å². The fourth-order valence-electron chi connectivity index (χ4n) is 3.45. The monoisotopic (exact) mass is 351 g/mol. The first kappa shape index (κ1) is 16.6. The molecular weight excluding hydrogens is 329 g/mol. The average molecular weight is 351 g/mol. The van der Waals surface area contributed by atoms with Gasteiger partial charge in [0, 0.05) is 41.8 Å². The van der Waals surface area contributed by atoms with Crippen molar-refractivity contribution >= 4 is 17.1 Å². The Morgan fingerprint density at radius 2 is 2.15 bits per heavy atom. The summed E-state index contributed by atoms with van der Waals surface area (Å²) >= 11 is 0. The second-order valence-corrected chi connectivity index (χ2v) is 6.92. The predicted molar refractivity (Wildman–Crippen MR) is 102 cm³/mol. The van der Waals surface area contributed by atoms with Crippen molar-refractivity contribution in [3.8, 4) is 0 Å². The zero-order valence-electron chi connectivity index (χ0n) is 14.7. The van der Waals surface area contributed by atoms with Gasteiger partial charge < -0.3 is 21.7 Å². The van der Waals surface area contributed by atoms with Crippen molar-refractivity contribution in [2.75, 3.05) is 5.32 Å². The summed E-state index contributed by atoms with van der Waals surface area (Å²) in [6, 6.07) is 10.0. The standard InChI is InChI=1S/C20H22FN5/c1-11(25-17-4-3-7-24-20(17)21)19(23)13-5-6-15-12(2)26(10-14(15)8-13)18-9-16(18)22/h3-8,16,18,25H,2,9-10,22-23H2,1H3/b19-11-. The molecule has 1 fully saturated rings. The summed E-state index contributed by atoms with van der Waals surface area (Å²) in [5.74, 6) is -0.554. The Bertz CT molecular complexity index is 920. The molecule has 0 bridgehead atoms. The van der Waals surface area contributed by atoms with Crippen LogP contribution in [0.3, 0.4) is 0 Å². The van der Waals surface area contributed by atoms with E-state index in [1.807, 2.05) is 19.1 Å². The Balaban J connectivity index is 1.59. The molecule has 6 heteroatoms. The largest absolute Gasteiger partial charge is 0.397 e. The van der Waals surface area contributed by atoms with E-state index in [0.29, 0.717) is 23.1 Å². The molecule has 1 saturated carbocycles. The summed E-state index contributed by atoms with van der Waals surface area (Å²) in [7, 11) is 0. The summed E-state index contributed by atoms with van der Waals surface area (Å²) in [6.07, 6.45) is 2.43. The van der Waals surface area contributed by atoms with Gasteiger partial charge in [-0.3, -0.25) is 0 Å². The van der Waals surface area contributed by atoms with Crippen molar-refractivity contribution in [2.24, 2.45) is 11.5 Å². The maximum absolute atomic E-state index is 13.7. The van der Waals surface area contributed by atoms with E-state index in [-0.39, 0.29) is 6.04 Å². The van der Waals surface area contributed by atoms with Crippen LogP contribution < -0.4 is 16.8 Å². The third-order valence-electron chi connectivity index (χ3n) is 5.10. The van der Waals surface area contributed by atoms with Gasteiger partial charge >= 0.3 is 0 Å². The number of aromatic nitrogens is 1. The van der Waals surface area contributed by atoms with Gasteiger partial charge in [0.25, 0.3) is 0 Å². The highest BCUT2D eigenvalue weighted by molar-refractivity contribution is 5.75.